The molecule has 0 saturated carbocycles. The Morgan fingerprint density at radius 2 is 1.16 bits per heavy atom. The number of allylic oxidation sites excluding steroid dienone is 17. The van der Waals surface area contributed by atoms with Crippen LogP contribution in [0.25, 0.3) is 0 Å². The number of phosphoric acid groups is 1. The molecule has 0 aromatic rings. The van der Waals surface area contributed by atoms with Gasteiger partial charge in [-0.3, -0.25) is 18.6 Å². The van der Waals surface area contributed by atoms with Gasteiger partial charge in [0.2, 0.25) is 0 Å². The Labute approximate surface area is 351 Å². The normalized spacial score (nSPS) is 14.9. The van der Waals surface area contributed by atoms with Crippen LogP contribution in [0, 0.1) is 0 Å². The standard InChI is InChI=1S/C47H76NO9P/c1-3-5-7-9-11-13-15-17-19-21-23-25-27-29-31-33-35-37-46(50)54-42-45(43-56-58(52,53)55-41-40-48)57-47(51)39-38-44(49)36-34-32-30-28-26-24-22-20-18-16-14-12-10-8-6-4-2/h6,8,12,14,17-20,23-26,29-32,34,36,44-45,49H,3-5,7,9-11,13,15-16,21-22,27-28,33,35,37-43,48H2,1-2H3,(H,52,53)/b8-6-,14-12-,19-17-,20-18-,25-23-,26-24-,31-29-,32-30-,36-34-/t44?,45-/m1/s1. The first-order valence-electron chi connectivity index (χ1n) is 21.5. The van der Waals surface area contributed by atoms with E-state index >= 15 is 0 Å². The Hall–Kier alpha value is -3.37. The fourth-order valence-electron chi connectivity index (χ4n) is 5.05. The molecule has 11 heteroatoms. The zero-order valence-electron chi connectivity index (χ0n) is 35.6. The van der Waals surface area contributed by atoms with Crippen molar-refractivity contribution >= 4 is 19.8 Å². The summed E-state index contributed by atoms with van der Waals surface area (Å²) >= 11 is 0. The minimum atomic E-state index is -4.46. The number of hydrogen-bond acceptors (Lipinski definition) is 9. The van der Waals surface area contributed by atoms with Gasteiger partial charge in [-0.2, -0.15) is 0 Å². The van der Waals surface area contributed by atoms with Gasteiger partial charge in [-0.05, 0) is 77.0 Å². The van der Waals surface area contributed by atoms with Crippen molar-refractivity contribution < 1.29 is 42.7 Å². The Balaban J connectivity index is 4.51. The fraction of sp³-hybridized carbons (Fsp3) is 0.574. The summed E-state index contributed by atoms with van der Waals surface area (Å²) in [5.74, 6) is -1.18. The molecule has 3 atom stereocenters. The molecule has 0 aromatic heterocycles. The number of aliphatic hydroxyl groups excluding tert-OH is 1. The summed E-state index contributed by atoms with van der Waals surface area (Å²) in [7, 11) is -4.46. The average Bonchev–Trinajstić information content (AvgIpc) is 3.21. The Kier molecular flexibility index (Phi) is 39.4. The molecule has 2 unspecified atom stereocenters. The van der Waals surface area contributed by atoms with Gasteiger partial charge in [-0.15, -0.1) is 0 Å². The Morgan fingerprint density at radius 1 is 0.621 bits per heavy atom. The molecule has 0 heterocycles. The van der Waals surface area contributed by atoms with E-state index in [4.69, 9.17) is 24.3 Å². The highest BCUT2D eigenvalue weighted by Crippen LogP contribution is 2.43. The number of esters is 2. The second kappa shape index (κ2) is 41.8. The molecular formula is C47H76NO9P. The molecule has 0 amide bonds. The van der Waals surface area contributed by atoms with Crippen LogP contribution in [0.2, 0.25) is 0 Å². The third kappa shape index (κ3) is 40.8. The predicted octanol–water partition coefficient (Wildman–Crippen LogP) is 11.4. The number of hydrogen-bond donors (Lipinski definition) is 3. The van der Waals surface area contributed by atoms with Gasteiger partial charge in [-0.25, -0.2) is 4.57 Å². The molecule has 58 heavy (non-hydrogen) atoms. The third-order valence-electron chi connectivity index (χ3n) is 8.26. The van der Waals surface area contributed by atoms with Crippen LogP contribution in [-0.2, 0) is 32.7 Å². The van der Waals surface area contributed by atoms with Crippen molar-refractivity contribution in [1.29, 1.82) is 0 Å². The highest BCUT2D eigenvalue weighted by Gasteiger charge is 2.26. The summed E-state index contributed by atoms with van der Waals surface area (Å²) in [4.78, 5) is 34.9. The van der Waals surface area contributed by atoms with Crippen LogP contribution in [-0.4, -0.2) is 60.5 Å². The van der Waals surface area contributed by atoms with Crippen molar-refractivity contribution in [2.45, 2.75) is 148 Å². The quantitative estimate of drug-likeness (QED) is 0.0180. The lowest BCUT2D eigenvalue weighted by Crippen LogP contribution is -2.30. The van der Waals surface area contributed by atoms with Crippen molar-refractivity contribution in [2.75, 3.05) is 26.4 Å². The zero-order valence-corrected chi connectivity index (χ0v) is 36.5. The largest absolute Gasteiger partial charge is 0.472 e. The fourth-order valence-corrected chi connectivity index (χ4v) is 5.82. The number of carbonyl (C=O) groups is 2. The number of nitrogens with two attached hydrogens (primary N) is 1. The molecule has 0 fully saturated rings. The van der Waals surface area contributed by atoms with Gasteiger partial charge < -0.3 is 25.2 Å². The molecule has 0 spiro atoms. The van der Waals surface area contributed by atoms with E-state index in [2.05, 4.69) is 92.8 Å². The molecule has 0 aliphatic carbocycles. The van der Waals surface area contributed by atoms with Gasteiger partial charge >= 0.3 is 19.8 Å². The summed E-state index contributed by atoms with van der Waals surface area (Å²) in [5.41, 5.74) is 5.33. The van der Waals surface area contributed by atoms with Gasteiger partial charge in [0.15, 0.2) is 6.10 Å². The highest BCUT2D eigenvalue weighted by molar-refractivity contribution is 7.47. The van der Waals surface area contributed by atoms with Crippen molar-refractivity contribution in [3.8, 4) is 0 Å². The van der Waals surface area contributed by atoms with Crippen LogP contribution in [0.1, 0.15) is 136 Å². The van der Waals surface area contributed by atoms with E-state index in [0.29, 0.717) is 12.8 Å². The summed E-state index contributed by atoms with van der Waals surface area (Å²) in [6.07, 6.45) is 51.7. The average molecular weight is 830 g/mol. The number of phosphoric ester groups is 1. The topological polar surface area (TPSA) is 155 Å². The van der Waals surface area contributed by atoms with Gasteiger partial charge in [0.05, 0.1) is 19.3 Å². The Morgan fingerprint density at radius 3 is 1.74 bits per heavy atom. The van der Waals surface area contributed by atoms with Crippen LogP contribution >= 0.6 is 7.82 Å². The lowest BCUT2D eigenvalue weighted by Gasteiger charge is -2.20. The third-order valence-corrected chi connectivity index (χ3v) is 9.24. The van der Waals surface area contributed by atoms with E-state index < -0.39 is 38.6 Å². The first-order chi connectivity index (χ1) is 28.2. The number of ether oxygens (including phenoxy) is 2. The molecule has 0 aromatic carbocycles. The molecule has 0 saturated heterocycles. The van der Waals surface area contributed by atoms with Crippen LogP contribution in [0.15, 0.2) is 109 Å². The lowest BCUT2D eigenvalue weighted by atomic mass is 10.1. The van der Waals surface area contributed by atoms with Gasteiger partial charge in [0, 0.05) is 19.4 Å². The van der Waals surface area contributed by atoms with Crippen LogP contribution in [0.3, 0.4) is 0 Å². The van der Waals surface area contributed by atoms with Crippen LogP contribution in [0.5, 0.6) is 0 Å². The molecule has 10 nitrogen and oxygen atoms in total. The first kappa shape index (κ1) is 54.6. The zero-order chi connectivity index (χ0) is 42.6. The van der Waals surface area contributed by atoms with Crippen molar-refractivity contribution in [3.05, 3.63) is 109 Å². The second-order valence-electron chi connectivity index (χ2n) is 13.7. The van der Waals surface area contributed by atoms with Gasteiger partial charge in [0.25, 0.3) is 0 Å². The predicted molar refractivity (Wildman–Crippen MR) is 239 cm³/mol. The molecular weight excluding hydrogens is 753 g/mol. The van der Waals surface area contributed by atoms with Crippen molar-refractivity contribution in [2.24, 2.45) is 5.73 Å². The highest BCUT2D eigenvalue weighted by atomic mass is 31.2. The summed E-state index contributed by atoms with van der Waals surface area (Å²) < 4.78 is 32.5. The van der Waals surface area contributed by atoms with E-state index in [9.17, 15) is 24.2 Å². The summed E-state index contributed by atoms with van der Waals surface area (Å²) in [6, 6.07) is 0. The minimum Gasteiger partial charge on any atom is -0.462 e. The maximum absolute atomic E-state index is 12.6. The molecule has 0 bridgehead atoms. The SMILES string of the molecule is CC/C=C\C/C=C\C/C=C\C/C=C\C/C=C\C=C/C(O)CCC(=O)O[C@H](COC(=O)CCC/C=C\C/C=C\C/C=C\CCCCCCCC)COP(=O)(O)OCCN. The number of carbonyl (C=O) groups excluding carboxylic acids is 2. The monoisotopic (exact) mass is 830 g/mol. The maximum atomic E-state index is 12.6. The summed E-state index contributed by atoms with van der Waals surface area (Å²) in [5, 5.41) is 10.3. The summed E-state index contributed by atoms with van der Waals surface area (Å²) in [6.45, 7) is 3.24. The van der Waals surface area contributed by atoms with Crippen molar-refractivity contribution in [1.82, 2.24) is 0 Å². The number of aliphatic hydroxyl groups is 1. The molecule has 4 N–H and O–H groups in total. The van der Waals surface area contributed by atoms with Crippen molar-refractivity contribution in [3.63, 3.8) is 0 Å². The molecule has 0 aliphatic heterocycles. The maximum Gasteiger partial charge on any atom is 0.472 e. The van der Waals surface area contributed by atoms with Gasteiger partial charge in [0.1, 0.15) is 6.61 Å². The lowest BCUT2D eigenvalue weighted by molar-refractivity contribution is -0.161. The molecule has 0 radical (unpaired) electrons. The number of rotatable bonds is 38. The van der Waals surface area contributed by atoms with Crippen LogP contribution < -0.4 is 5.73 Å². The van der Waals surface area contributed by atoms with E-state index in [1.807, 2.05) is 18.2 Å². The second-order valence-corrected chi connectivity index (χ2v) is 15.1. The van der Waals surface area contributed by atoms with E-state index in [-0.39, 0.29) is 39.0 Å². The van der Waals surface area contributed by atoms with E-state index in [1.165, 1.54) is 38.5 Å². The Bertz CT molecular complexity index is 1330. The van der Waals surface area contributed by atoms with Crippen LogP contribution in [0.4, 0.5) is 0 Å². The number of unbranched alkanes of at least 4 members (excludes halogenated alkanes) is 7. The van der Waals surface area contributed by atoms with E-state index in [1.54, 1.807) is 12.2 Å². The first-order valence-corrected chi connectivity index (χ1v) is 23.0. The molecule has 0 rings (SSSR count). The minimum absolute atomic E-state index is 0.00464. The van der Waals surface area contributed by atoms with E-state index in [0.717, 1.165) is 51.4 Å². The smallest absolute Gasteiger partial charge is 0.462 e. The van der Waals surface area contributed by atoms with Gasteiger partial charge in [-0.1, -0.05) is 155 Å². The molecule has 328 valence electrons. The molecule has 0 aliphatic rings.